The number of likely N-dealkylation sites (N-methyl/N-ethyl adjacent to an activating group) is 1. The molecule has 2 aromatic carbocycles. The van der Waals surface area contributed by atoms with Gasteiger partial charge in [-0.1, -0.05) is 42.5 Å². The Balaban J connectivity index is 2.13. The monoisotopic (exact) mass is 324 g/mol. The lowest BCUT2D eigenvalue weighted by Crippen LogP contribution is -2.25. The average molecular weight is 324 g/mol. The van der Waals surface area contributed by atoms with Gasteiger partial charge in [0, 0.05) is 25.8 Å². The smallest absolute Gasteiger partial charge is 0.248 e. The van der Waals surface area contributed by atoms with Crippen LogP contribution in [0.5, 0.6) is 0 Å². The van der Waals surface area contributed by atoms with Gasteiger partial charge in [-0.2, -0.15) is 0 Å². The summed E-state index contributed by atoms with van der Waals surface area (Å²) in [5.74, 6) is -0.413. The minimum atomic E-state index is -0.413. The van der Waals surface area contributed by atoms with Crippen molar-refractivity contribution in [2.75, 3.05) is 27.2 Å². The highest BCUT2D eigenvalue weighted by atomic mass is 16.5. The van der Waals surface area contributed by atoms with Crippen molar-refractivity contribution >= 4 is 5.91 Å². The summed E-state index contributed by atoms with van der Waals surface area (Å²) in [4.78, 5) is 13.3. The molecule has 0 aliphatic heterocycles. The number of hydrogen-bond acceptors (Lipinski definition) is 3. The first-order valence-electron chi connectivity index (χ1n) is 7.87. The highest BCUT2D eigenvalue weighted by molar-refractivity contribution is 5.93. The molecule has 1 unspecified atom stereocenters. The van der Waals surface area contributed by atoms with Crippen molar-refractivity contribution in [1.29, 1.82) is 0 Å². The van der Waals surface area contributed by atoms with Crippen LogP contribution >= 0.6 is 0 Å². The molecular formula is C20H24N2O2. The third-order valence-electron chi connectivity index (χ3n) is 3.99. The zero-order chi connectivity index (χ0) is 17.5. The summed E-state index contributed by atoms with van der Waals surface area (Å²) < 4.78 is 5.61. The second kappa shape index (κ2) is 8.43. The van der Waals surface area contributed by atoms with E-state index in [1.807, 2.05) is 25.3 Å². The minimum Gasteiger partial charge on any atom is -0.375 e. The predicted molar refractivity (Wildman–Crippen MR) is 97.8 cm³/mol. The molecule has 0 bridgehead atoms. The van der Waals surface area contributed by atoms with Gasteiger partial charge in [0.2, 0.25) is 5.91 Å². The molecule has 24 heavy (non-hydrogen) atoms. The zero-order valence-corrected chi connectivity index (χ0v) is 14.2. The fourth-order valence-electron chi connectivity index (χ4n) is 2.61. The van der Waals surface area contributed by atoms with Crippen molar-refractivity contribution < 1.29 is 9.53 Å². The Kier molecular flexibility index (Phi) is 6.29. The van der Waals surface area contributed by atoms with E-state index in [1.165, 1.54) is 0 Å². The Morgan fingerprint density at radius 3 is 2.17 bits per heavy atom. The molecule has 0 aliphatic carbocycles. The Bertz CT molecular complexity index is 678. The van der Waals surface area contributed by atoms with Crippen LogP contribution in [-0.2, 0) is 4.74 Å². The van der Waals surface area contributed by atoms with E-state index in [9.17, 15) is 4.79 Å². The third kappa shape index (κ3) is 4.54. The van der Waals surface area contributed by atoms with E-state index in [2.05, 4.69) is 35.7 Å². The van der Waals surface area contributed by atoms with E-state index in [1.54, 1.807) is 19.2 Å². The van der Waals surface area contributed by atoms with Crippen LogP contribution in [0, 0.1) is 0 Å². The lowest BCUT2D eigenvalue weighted by Gasteiger charge is -2.22. The molecule has 4 heteroatoms. The Morgan fingerprint density at radius 1 is 1.17 bits per heavy atom. The average Bonchev–Trinajstić information content (AvgIpc) is 2.60. The van der Waals surface area contributed by atoms with E-state index in [0.29, 0.717) is 5.56 Å². The second-order valence-corrected chi connectivity index (χ2v) is 5.80. The number of carbonyl (C=O) groups is 1. The van der Waals surface area contributed by atoms with Crippen molar-refractivity contribution in [3.63, 3.8) is 0 Å². The van der Waals surface area contributed by atoms with Crippen molar-refractivity contribution in [1.82, 2.24) is 4.90 Å². The molecule has 1 atom stereocenters. The lowest BCUT2D eigenvalue weighted by molar-refractivity contribution is 0.0748. The fraction of sp³-hybridized carbons (Fsp3) is 0.250. The maximum Gasteiger partial charge on any atom is 0.248 e. The number of nitrogens with zero attached hydrogens (tertiary/aromatic N) is 1. The molecule has 0 fully saturated rings. The maximum absolute atomic E-state index is 11.1. The van der Waals surface area contributed by atoms with Gasteiger partial charge in [-0.25, -0.2) is 0 Å². The van der Waals surface area contributed by atoms with Crippen molar-refractivity contribution in [2.45, 2.75) is 6.10 Å². The van der Waals surface area contributed by atoms with Gasteiger partial charge in [-0.3, -0.25) is 9.69 Å². The third-order valence-corrected chi connectivity index (χ3v) is 3.99. The van der Waals surface area contributed by atoms with E-state index in [-0.39, 0.29) is 6.10 Å². The van der Waals surface area contributed by atoms with Gasteiger partial charge in [0.25, 0.3) is 0 Å². The lowest BCUT2D eigenvalue weighted by atomic mass is 10.0. The number of ether oxygens (including phenoxy) is 1. The Labute approximate surface area is 143 Å². The van der Waals surface area contributed by atoms with E-state index in [0.717, 1.165) is 29.8 Å². The van der Waals surface area contributed by atoms with Gasteiger partial charge < -0.3 is 10.5 Å². The number of carbonyl (C=O) groups excluding carboxylic acids is 1. The summed E-state index contributed by atoms with van der Waals surface area (Å²) in [6, 6.07) is 15.6. The summed E-state index contributed by atoms with van der Waals surface area (Å²) in [5, 5.41) is 0. The molecule has 126 valence electrons. The van der Waals surface area contributed by atoms with Crippen LogP contribution in [0.3, 0.4) is 0 Å². The largest absolute Gasteiger partial charge is 0.375 e. The van der Waals surface area contributed by atoms with Gasteiger partial charge >= 0.3 is 0 Å². The number of amides is 1. The van der Waals surface area contributed by atoms with Gasteiger partial charge in [-0.15, -0.1) is 6.58 Å². The zero-order valence-electron chi connectivity index (χ0n) is 14.2. The molecule has 0 radical (unpaired) electrons. The molecule has 0 aliphatic rings. The molecule has 2 aromatic rings. The molecule has 2 rings (SSSR count). The number of methoxy groups -OCH3 is 1. The van der Waals surface area contributed by atoms with Crippen molar-refractivity contribution in [3.8, 4) is 11.1 Å². The molecular weight excluding hydrogens is 300 g/mol. The van der Waals surface area contributed by atoms with Crippen molar-refractivity contribution in [2.24, 2.45) is 5.73 Å². The van der Waals surface area contributed by atoms with Crippen LogP contribution in [0.1, 0.15) is 22.0 Å². The first-order chi connectivity index (χ1) is 11.5. The quantitative estimate of drug-likeness (QED) is 0.758. The number of benzene rings is 2. The first-order valence-corrected chi connectivity index (χ1v) is 7.87. The molecule has 1 amide bonds. The van der Waals surface area contributed by atoms with E-state index >= 15 is 0 Å². The highest BCUT2D eigenvalue weighted by Crippen LogP contribution is 2.24. The van der Waals surface area contributed by atoms with Gasteiger partial charge in [0.05, 0.1) is 6.10 Å². The molecule has 0 saturated carbocycles. The van der Waals surface area contributed by atoms with Crippen LogP contribution in [0.25, 0.3) is 11.1 Å². The topological polar surface area (TPSA) is 55.6 Å². The van der Waals surface area contributed by atoms with Crippen molar-refractivity contribution in [3.05, 3.63) is 72.3 Å². The molecule has 0 heterocycles. The van der Waals surface area contributed by atoms with E-state index < -0.39 is 5.91 Å². The first kappa shape index (κ1) is 17.9. The normalized spacial score (nSPS) is 12.1. The highest BCUT2D eigenvalue weighted by Gasteiger charge is 2.13. The minimum absolute atomic E-state index is 0.0150. The molecule has 0 saturated heterocycles. The van der Waals surface area contributed by atoms with Crippen LogP contribution in [0.15, 0.2) is 61.2 Å². The summed E-state index contributed by atoms with van der Waals surface area (Å²) in [5.41, 5.74) is 9.05. The van der Waals surface area contributed by atoms with E-state index in [4.69, 9.17) is 10.5 Å². The summed E-state index contributed by atoms with van der Waals surface area (Å²) >= 11 is 0. The van der Waals surface area contributed by atoms with Crippen LogP contribution < -0.4 is 5.73 Å². The Hall–Kier alpha value is -2.43. The Morgan fingerprint density at radius 2 is 1.71 bits per heavy atom. The van der Waals surface area contributed by atoms with Gasteiger partial charge in [0.15, 0.2) is 0 Å². The second-order valence-electron chi connectivity index (χ2n) is 5.80. The molecule has 0 spiro atoms. The summed E-state index contributed by atoms with van der Waals surface area (Å²) in [7, 11) is 3.77. The summed E-state index contributed by atoms with van der Waals surface area (Å²) in [6.45, 7) is 5.38. The number of primary amides is 1. The molecule has 0 aromatic heterocycles. The molecule has 4 nitrogen and oxygen atoms in total. The van der Waals surface area contributed by atoms with Crippen LogP contribution in [0.4, 0.5) is 0 Å². The SMILES string of the molecule is C=CCN(C)CC(OC)c1ccc(-c2ccc(C(N)=O)cc2)cc1. The molecule has 2 N–H and O–H groups in total. The number of hydrogen-bond donors (Lipinski definition) is 1. The summed E-state index contributed by atoms with van der Waals surface area (Å²) in [6.07, 6.45) is 1.90. The number of rotatable bonds is 8. The van der Waals surface area contributed by atoms with Crippen LogP contribution in [0.2, 0.25) is 0 Å². The fourth-order valence-corrected chi connectivity index (χ4v) is 2.61. The van der Waals surface area contributed by atoms with Crippen LogP contribution in [-0.4, -0.2) is 38.1 Å². The predicted octanol–water partition coefficient (Wildman–Crippen LogP) is 3.26. The maximum atomic E-state index is 11.1. The standard InChI is InChI=1S/C20H24N2O2/c1-4-13-22(2)14-19(24-3)17-9-5-15(6-10-17)16-7-11-18(12-8-16)20(21)23/h4-12,19H,1,13-14H2,2-3H3,(H2,21,23). The van der Waals surface area contributed by atoms with Gasteiger partial charge in [-0.05, 0) is 35.9 Å². The van der Waals surface area contributed by atoms with Gasteiger partial charge in [0.1, 0.15) is 0 Å². The number of nitrogens with two attached hydrogens (primary N) is 1.